The standard InChI is InChI=1S/C15H16ClN5O2S/c1-20-15(17-18-19-20)24-12-4-2-3-9-21(14(12)23)13(22)10-5-7-11(16)8-6-10/h5-8,12H,2-4,9H2,1H3/t12-/m1/s1. The first-order chi connectivity index (χ1) is 11.6. The fourth-order valence-corrected chi connectivity index (χ4v) is 3.68. The van der Waals surface area contributed by atoms with Crippen LogP contribution in [0.4, 0.5) is 0 Å². The predicted octanol–water partition coefficient (Wildman–Crippen LogP) is 2.18. The van der Waals surface area contributed by atoms with E-state index in [2.05, 4.69) is 15.5 Å². The molecule has 2 aromatic rings. The molecule has 2 amide bonds. The van der Waals surface area contributed by atoms with E-state index < -0.39 is 0 Å². The molecule has 1 saturated heterocycles. The van der Waals surface area contributed by atoms with Crippen molar-refractivity contribution < 1.29 is 9.59 Å². The van der Waals surface area contributed by atoms with E-state index in [9.17, 15) is 9.59 Å². The molecule has 0 N–H and O–H groups in total. The van der Waals surface area contributed by atoms with E-state index in [0.717, 1.165) is 12.8 Å². The molecule has 1 aromatic heterocycles. The van der Waals surface area contributed by atoms with Crippen molar-refractivity contribution in [3.8, 4) is 0 Å². The molecule has 1 fully saturated rings. The van der Waals surface area contributed by atoms with E-state index in [4.69, 9.17) is 11.6 Å². The summed E-state index contributed by atoms with van der Waals surface area (Å²) in [6.45, 7) is 0.425. The Hall–Kier alpha value is -1.93. The third-order valence-electron chi connectivity index (χ3n) is 3.80. The van der Waals surface area contributed by atoms with E-state index in [1.807, 2.05) is 0 Å². The lowest BCUT2D eigenvalue weighted by Crippen LogP contribution is -2.41. The summed E-state index contributed by atoms with van der Waals surface area (Å²) in [5, 5.41) is 12.0. The molecule has 1 aliphatic heterocycles. The highest BCUT2D eigenvalue weighted by Gasteiger charge is 2.33. The predicted molar refractivity (Wildman–Crippen MR) is 89.8 cm³/mol. The molecule has 1 aromatic carbocycles. The number of imide groups is 1. The van der Waals surface area contributed by atoms with Crippen LogP contribution in [-0.4, -0.2) is 48.7 Å². The smallest absolute Gasteiger partial charge is 0.260 e. The lowest BCUT2D eigenvalue weighted by molar-refractivity contribution is -0.127. The minimum absolute atomic E-state index is 0.194. The highest BCUT2D eigenvalue weighted by atomic mass is 35.5. The lowest BCUT2D eigenvalue weighted by atomic mass is 10.2. The molecule has 24 heavy (non-hydrogen) atoms. The van der Waals surface area contributed by atoms with Crippen LogP contribution in [0.2, 0.25) is 5.02 Å². The second-order valence-corrected chi connectivity index (χ2v) is 7.10. The van der Waals surface area contributed by atoms with Crippen molar-refractivity contribution in [2.24, 2.45) is 7.05 Å². The van der Waals surface area contributed by atoms with Gasteiger partial charge in [0.1, 0.15) is 0 Å². The van der Waals surface area contributed by atoms with Gasteiger partial charge in [-0.2, -0.15) is 0 Å². The van der Waals surface area contributed by atoms with E-state index in [1.54, 1.807) is 31.3 Å². The zero-order valence-electron chi connectivity index (χ0n) is 13.1. The molecule has 0 spiro atoms. The number of benzene rings is 1. The Morgan fingerprint density at radius 1 is 1.29 bits per heavy atom. The Kier molecular flexibility index (Phi) is 5.15. The van der Waals surface area contributed by atoms with Gasteiger partial charge >= 0.3 is 0 Å². The summed E-state index contributed by atoms with van der Waals surface area (Å²) in [4.78, 5) is 26.9. The van der Waals surface area contributed by atoms with Crippen molar-refractivity contribution in [2.75, 3.05) is 6.54 Å². The number of halogens is 1. The van der Waals surface area contributed by atoms with Crippen LogP contribution in [0.1, 0.15) is 29.6 Å². The molecule has 1 aliphatic rings. The zero-order chi connectivity index (χ0) is 17.1. The first-order valence-electron chi connectivity index (χ1n) is 7.56. The maximum Gasteiger partial charge on any atom is 0.260 e. The van der Waals surface area contributed by atoms with E-state index >= 15 is 0 Å². The van der Waals surface area contributed by atoms with Crippen LogP contribution >= 0.6 is 23.4 Å². The average Bonchev–Trinajstić information content (AvgIpc) is 2.88. The Morgan fingerprint density at radius 2 is 2.04 bits per heavy atom. The molecule has 0 unspecified atom stereocenters. The van der Waals surface area contributed by atoms with Crippen LogP contribution in [0.25, 0.3) is 0 Å². The summed E-state index contributed by atoms with van der Waals surface area (Å²) < 4.78 is 1.52. The van der Waals surface area contributed by atoms with Gasteiger partial charge < -0.3 is 0 Å². The van der Waals surface area contributed by atoms with Crippen LogP contribution in [-0.2, 0) is 11.8 Å². The SMILES string of the molecule is Cn1nnnc1S[C@@H]1CCCCN(C(=O)c2ccc(Cl)cc2)C1=O. The van der Waals surface area contributed by atoms with Gasteiger partial charge in [0.2, 0.25) is 11.1 Å². The highest BCUT2D eigenvalue weighted by molar-refractivity contribution is 8.00. The molecule has 0 aliphatic carbocycles. The van der Waals surface area contributed by atoms with E-state index in [1.165, 1.54) is 21.3 Å². The Morgan fingerprint density at radius 3 is 2.71 bits per heavy atom. The zero-order valence-corrected chi connectivity index (χ0v) is 14.6. The number of nitrogens with zero attached hydrogens (tertiary/aromatic N) is 5. The van der Waals surface area contributed by atoms with E-state index in [0.29, 0.717) is 28.7 Å². The number of likely N-dealkylation sites (tertiary alicyclic amines) is 1. The van der Waals surface area contributed by atoms with Crippen LogP contribution in [0.5, 0.6) is 0 Å². The minimum Gasteiger partial charge on any atom is -0.278 e. The number of thioether (sulfide) groups is 1. The number of aromatic nitrogens is 4. The van der Waals surface area contributed by atoms with E-state index in [-0.39, 0.29) is 17.1 Å². The number of rotatable bonds is 3. The largest absolute Gasteiger partial charge is 0.278 e. The van der Waals surface area contributed by atoms with Crippen LogP contribution in [0.15, 0.2) is 29.4 Å². The number of aryl methyl sites for hydroxylation is 1. The van der Waals surface area contributed by atoms with Crippen molar-refractivity contribution in [2.45, 2.75) is 29.7 Å². The van der Waals surface area contributed by atoms with Crippen molar-refractivity contribution >= 4 is 35.2 Å². The van der Waals surface area contributed by atoms with Gasteiger partial charge in [0, 0.05) is 24.2 Å². The summed E-state index contributed by atoms with van der Waals surface area (Å²) in [6, 6.07) is 6.57. The number of hydrogen-bond acceptors (Lipinski definition) is 6. The van der Waals surface area contributed by atoms with Gasteiger partial charge in [0.15, 0.2) is 0 Å². The summed E-state index contributed by atoms with van der Waals surface area (Å²) in [6.07, 6.45) is 2.36. The molecular weight excluding hydrogens is 350 g/mol. The molecule has 126 valence electrons. The molecular formula is C15H16ClN5O2S. The third kappa shape index (κ3) is 3.59. The molecule has 2 heterocycles. The molecule has 7 nitrogen and oxygen atoms in total. The Balaban J connectivity index is 1.79. The summed E-state index contributed by atoms with van der Waals surface area (Å²) in [5.74, 6) is -0.485. The van der Waals surface area contributed by atoms with Crippen molar-refractivity contribution in [3.63, 3.8) is 0 Å². The monoisotopic (exact) mass is 365 g/mol. The van der Waals surface area contributed by atoms with Gasteiger partial charge in [-0.1, -0.05) is 29.8 Å². The molecule has 0 bridgehead atoms. The van der Waals surface area contributed by atoms with Crippen LogP contribution in [0.3, 0.4) is 0 Å². The second-order valence-electron chi connectivity index (χ2n) is 5.49. The van der Waals surface area contributed by atoms with Crippen LogP contribution in [0, 0.1) is 0 Å². The molecule has 0 saturated carbocycles. The number of tetrazole rings is 1. The van der Waals surface area contributed by atoms with Crippen molar-refractivity contribution in [1.29, 1.82) is 0 Å². The normalized spacial score (nSPS) is 18.5. The fourth-order valence-electron chi connectivity index (χ4n) is 2.51. The average molecular weight is 366 g/mol. The lowest BCUT2D eigenvalue weighted by Gasteiger charge is -2.22. The van der Waals surface area contributed by atoms with Gasteiger partial charge in [-0.05, 0) is 47.5 Å². The number of amides is 2. The van der Waals surface area contributed by atoms with Gasteiger partial charge in [-0.15, -0.1) is 5.10 Å². The van der Waals surface area contributed by atoms with Gasteiger partial charge in [0.25, 0.3) is 5.91 Å². The van der Waals surface area contributed by atoms with Crippen molar-refractivity contribution in [3.05, 3.63) is 34.9 Å². The van der Waals surface area contributed by atoms with Crippen molar-refractivity contribution in [1.82, 2.24) is 25.1 Å². The summed E-state index contributed by atoms with van der Waals surface area (Å²) in [5.41, 5.74) is 0.457. The Labute approximate surface area is 148 Å². The quantitative estimate of drug-likeness (QED) is 0.775. The fraction of sp³-hybridized carbons (Fsp3) is 0.400. The highest BCUT2D eigenvalue weighted by Crippen LogP contribution is 2.29. The Bertz CT molecular complexity index is 749. The minimum atomic E-state index is -0.367. The summed E-state index contributed by atoms with van der Waals surface area (Å²) >= 11 is 7.16. The maximum absolute atomic E-state index is 12.8. The summed E-state index contributed by atoms with van der Waals surface area (Å²) in [7, 11) is 1.72. The second kappa shape index (κ2) is 7.31. The first-order valence-corrected chi connectivity index (χ1v) is 8.82. The molecule has 3 rings (SSSR count). The molecule has 9 heteroatoms. The van der Waals surface area contributed by atoms with Gasteiger partial charge in [-0.3, -0.25) is 14.5 Å². The third-order valence-corrected chi connectivity index (χ3v) is 5.34. The number of carbonyl (C=O) groups is 2. The van der Waals surface area contributed by atoms with Gasteiger partial charge in [-0.25, -0.2) is 4.68 Å². The molecule has 0 radical (unpaired) electrons. The molecule has 1 atom stereocenters. The maximum atomic E-state index is 12.8. The van der Waals surface area contributed by atoms with Gasteiger partial charge in [0.05, 0.1) is 5.25 Å². The first kappa shape index (κ1) is 16.9. The number of carbonyl (C=O) groups excluding carboxylic acids is 2. The van der Waals surface area contributed by atoms with Crippen LogP contribution < -0.4 is 0 Å². The topological polar surface area (TPSA) is 81.0 Å². The number of hydrogen-bond donors (Lipinski definition) is 0.